The zero-order valence-corrected chi connectivity index (χ0v) is 18.7. The molecular formula is C21H25F3N4O3S. The molecular weight excluding hydrogens is 445 g/mol. The molecule has 0 radical (unpaired) electrons. The zero-order valence-electron chi connectivity index (χ0n) is 17.9. The number of anilines is 1. The molecule has 2 amide bonds. The number of piperidine rings is 1. The fraction of sp³-hybridized carbons (Fsp3) is 0.571. The van der Waals surface area contributed by atoms with Crippen molar-refractivity contribution in [2.75, 3.05) is 31.1 Å². The van der Waals surface area contributed by atoms with Gasteiger partial charge in [0, 0.05) is 50.4 Å². The topological polar surface area (TPSA) is 74.8 Å². The minimum absolute atomic E-state index is 0.0197. The number of nitrogens with one attached hydrogen (secondary N) is 1. The molecule has 4 heterocycles. The minimum Gasteiger partial charge on any atom is -0.446 e. The highest BCUT2D eigenvalue weighted by atomic mass is 32.1. The lowest BCUT2D eigenvalue weighted by Gasteiger charge is -2.33. The van der Waals surface area contributed by atoms with Crippen LogP contribution in [0.3, 0.4) is 0 Å². The smallest absolute Gasteiger partial charge is 0.417 e. The number of nitrogens with zero attached hydrogens (tertiary/aromatic N) is 3. The van der Waals surface area contributed by atoms with E-state index in [4.69, 9.17) is 4.74 Å². The van der Waals surface area contributed by atoms with E-state index in [1.807, 2.05) is 13.8 Å². The second-order valence-electron chi connectivity index (χ2n) is 8.39. The highest BCUT2D eigenvalue weighted by Gasteiger charge is 2.37. The number of rotatable bonds is 4. The van der Waals surface area contributed by atoms with Gasteiger partial charge in [-0.25, -0.2) is 9.78 Å². The van der Waals surface area contributed by atoms with Crippen molar-refractivity contribution in [3.05, 3.63) is 22.6 Å². The van der Waals surface area contributed by atoms with Crippen molar-refractivity contribution in [3.8, 4) is 0 Å². The fourth-order valence-corrected chi connectivity index (χ4v) is 4.85. The maximum atomic E-state index is 13.8. The summed E-state index contributed by atoms with van der Waals surface area (Å²) in [5.41, 5.74) is -0.452. The average molecular weight is 471 g/mol. The Hall–Kier alpha value is -2.56. The number of likely N-dealkylation sites (tertiary alicyclic amines) is 1. The van der Waals surface area contributed by atoms with Gasteiger partial charge in [0.25, 0.3) is 5.91 Å². The number of fused-ring (bicyclic) bond motifs is 1. The van der Waals surface area contributed by atoms with Gasteiger partial charge < -0.3 is 19.9 Å². The monoisotopic (exact) mass is 470 g/mol. The Kier molecular flexibility index (Phi) is 6.19. The number of amides is 2. The van der Waals surface area contributed by atoms with Crippen LogP contribution in [0.25, 0.3) is 10.2 Å². The van der Waals surface area contributed by atoms with Crippen molar-refractivity contribution in [2.45, 2.75) is 51.4 Å². The second kappa shape index (κ2) is 8.76. The second-order valence-corrected chi connectivity index (χ2v) is 9.27. The molecule has 7 nitrogen and oxygen atoms in total. The summed E-state index contributed by atoms with van der Waals surface area (Å²) in [7, 11) is 0. The molecule has 2 aliphatic heterocycles. The largest absolute Gasteiger partial charge is 0.446 e. The van der Waals surface area contributed by atoms with Crippen LogP contribution in [-0.2, 0) is 10.9 Å². The maximum Gasteiger partial charge on any atom is 0.417 e. The summed E-state index contributed by atoms with van der Waals surface area (Å²) in [6.07, 6.45) is -3.50. The van der Waals surface area contributed by atoms with Crippen LogP contribution in [0.1, 0.15) is 49.0 Å². The Morgan fingerprint density at radius 2 is 1.91 bits per heavy atom. The highest BCUT2D eigenvalue weighted by molar-refractivity contribution is 7.17. The fourth-order valence-electron chi connectivity index (χ4n) is 3.83. The predicted molar refractivity (Wildman–Crippen MR) is 115 cm³/mol. The molecule has 32 heavy (non-hydrogen) atoms. The summed E-state index contributed by atoms with van der Waals surface area (Å²) >= 11 is 0.902. The van der Waals surface area contributed by atoms with Crippen molar-refractivity contribution in [2.24, 2.45) is 0 Å². The van der Waals surface area contributed by atoms with Crippen molar-refractivity contribution in [1.82, 2.24) is 15.2 Å². The third-order valence-electron chi connectivity index (χ3n) is 5.63. The number of hydrogen-bond donors (Lipinski definition) is 1. The van der Waals surface area contributed by atoms with E-state index < -0.39 is 17.8 Å². The lowest BCUT2D eigenvalue weighted by atomic mass is 10.1. The van der Waals surface area contributed by atoms with E-state index in [-0.39, 0.29) is 39.7 Å². The van der Waals surface area contributed by atoms with Gasteiger partial charge in [0.15, 0.2) is 0 Å². The van der Waals surface area contributed by atoms with Crippen molar-refractivity contribution in [1.29, 1.82) is 0 Å². The zero-order chi connectivity index (χ0) is 23.0. The Morgan fingerprint density at radius 1 is 1.22 bits per heavy atom. The number of aromatic nitrogens is 1. The summed E-state index contributed by atoms with van der Waals surface area (Å²) in [6.45, 7) is 5.67. The van der Waals surface area contributed by atoms with Gasteiger partial charge in [0.2, 0.25) is 0 Å². The molecule has 2 fully saturated rings. The molecule has 2 saturated heterocycles. The van der Waals surface area contributed by atoms with Gasteiger partial charge >= 0.3 is 12.3 Å². The summed E-state index contributed by atoms with van der Waals surface area (Å²) in [5, 5.41) is 4.14. The van der Waals surface area contributed by atoms with E-state index in [0.29, 0.717) is 39.0 Å². The minimum atomic E-state index is -4.56. The van der Waals surface area contributed by atoms with Gasteiger partial charge in [-0.2, -0.15) is 13.2 Å². The molecule has 1 N–H and O–H groups in total. The lowest BCUT2D eigenvalue weighted by Crippen LogP contribution is -2.42. The number of alkyl carbamates (subject to hydrolysis) is 1. The first-order chi connectivity index (χ1) is 15.1. The lowest BCUT2D eigenvalue weighted by molar-refractivity contribution is -0.136. The van der Waals surface area contributed by atoms with Crippen molar-refractivity contribution >= 4 is 39.4 Å². The number of halogens is 3. The number of ether oxygens (including phenoxy) is 1. The molecule has 0 aromatic carbocycles. The average Bonchev–Trinajstić information content (AvgIpc) is 3.08. The summed E-state index contributed by atoms with van der Waals surface area (Å²) in [5.74, 6) is -0.0884. The molecule has 2 aliphatic rings. The van der Waals surface area contributed by atoms with E-state index in [9.17, 15) is 22.8 Å². The van der Waals surface area contributed by atoms with Gasteiger partial charge in [-0.05, 0) is 26.3 Å². The van der Waals surface area contributed by atoms with Gasteiger partial charge in [0.1, 0.15) is 11.9 Å². The molecule has 2 aromatic rings. The van der Waals surface area contributed by atoms with Crippen LogP contribution in [0, 0.1) is 0 Å². The van der Waals surface area contributed by atoms with Gasteiger partial charge in [0.05, 0.1) is 21.3 Å². The molecule has 0 unspecified atom stereocenters. The molecule has 2 aromatic heterocycles. The Morgan fingerprint density at radius 3 is 2.47 bits per heavy atom. The summed E-state index contributed by atoms with van der Waals surface area (Å²) in [6, 6.07) is 1.02. The van der Waals surface area contributed by atoms with E-state index in [0.717, 1.165) is 23.8 Å². The number of pyridine rings is 1. The summed E-state index contributed by atoms with van der Waals surface area (Å²) in [4.78, 5) is 32.4. The van der Waals surface area contributed by atoms with E-state index in [1.165, 1.54) is 5.38 Å². The van der Waals surface area contributed by atoms with Crippen LogP contribution in [0.15, 0.2) is 11.4 Å². The molecule has 0 atom stereocenters. The third kappa shape index (κ3) is 4.62. The molecule has 11 heteroatoms. The standard InChI is InChI=1S/C21H25F3N4O3S/c1-12(2)25-20(30)31-13-4-8-27(9-5-13)16-10-15(21(22,23)24)18-17(26-16)14(11-32-18)19(29)28-6-3-7-28/h10-13H,3-9H2,1-2H3,(H,25,30). The van der Waals surface area contributed by atoms with Crippen LogP contribution in [0.5, 0.6) is 0 Å². The molecule has 0 aliphatic carbocycles. The Balaban J connectivity index is 1.57. The first kappa shape index (κ1) is 22.6. The van der Waals surface area contributed by atoms with Crippen LogP contribution in [0.4, 0.5) is 23.8 Å². The third-order valence-corrected chi connectivity index (χ3v) is 6.64. The van der Waals surface area contributed by atoms with Crippen LogP contribution in [-0.4, -0.2) is 60.2 Å². The molecule has 0 bridgehead atoms. The van der Waals surface area contributed by atoms with Crippen LogP contribution in [0.2, 0.25) is 0 Å². The number of hydrogen-bond acceptors (Lipinski definition) is 6. The Bertz CT molecular complexity index is 1010. The van der Waals surface area contributed by atoms with E-state index in [2.05, 4.69) is 10.3 Å². The van der Waals surface area contributed by atoms with E-state index in [1.54, 1.807) is 9.80 Å². The molecule has 4 rings (SSSR count). The SMILES string of the molecule is CC(C)NC(=O)OC1CCN(c2cc(C(F)(F)F)c3scc(C(=O)N4CCC4)c3n2)CC1. The van der Waals surface area contributed by atoms with E-state index >= 15 is 0 Å². The van der Waals surface area contributed by atoms with Gasteiger partial charge in [-0.3, -0.25) is 4.79 Å². The van der Waals surface area contributed by atoms with Gasteiger partial charge in [-0.1, -0.05) is 0 Å². The normalized spacial score (nSPS) is 17.6. The number of carbonyl (C=O) groups excluding carboxylic acids is 2. The Labute approximate surface area is 187 Å². The van der Waals surface area contributed by atoms with Crippen molar-refractivity contribution < 1.29 is 27.5 Å². The number of alkyl halides is 3. The molecule has 0 spiro atoms. The quantitative estimate of drug-likeness (QED) is 0.723. The van der Waals surface area contributed by atoms with Crippen LogP contribution >= 0.6 is 11.3 Å². The first-order valence-electron chi connectivity index (χ1n) is 10.6. The number of carbonyl (C=O) groups is 2. The van der Waals surface area contributed by atoms with Gasteiger partial charge in [-0.15, -0.1) is 11.3 Å². The summed E-state index contributed by atoms with van der Waals surface area (Å²) < 4.78 is 46.8. The number of thiophene rings is 1. The molecule has 174 valence electrons. The van der Waals surface area contributed by atoms with Crippen molar-refractivity contribution in [3.63, 3.8) is 0 Å². The molecule has 0 saturated carbocycles. The highest BCUT2D eigenvalue weighted by Crippen LogP contribution is 2.41. The first-order valence-corrected chi connectivity index (χ1v) is 11.5. The predicted octanol–water partition coefficient (Wildman–Crippen LogP) is 4.26. The van der Waals surface area contributed by atoms with Crippen LogP contribution < -0.4 is 10.2 Å². The maximum absolute atomic E-state index is 13.8.